The lowest BCUT2D eigenvalue weighted by molar-refractivity contribution is -0.119. The molecule has 0 atom stereocenters. The van der Waals surface area contributed by atoms with Crippen LogP contribution in [0.15, 0.2) is 12.1 Å². The van der Waals surface area contributed by atoms with E-state index in [4.69, 9.17) is 4.74 Å². The van der Waals surface area contributed by atoms with E-state index in [1.165, 1.54) is 19.2 Å². The Kier molecular flexibility index (Phi) is 8.09. The van der Waals surface area contributed by atoms with Crippen LogP contribution in [0.1, 0.15) is 53.1 Å². The Balaban J connectivity index is 1.62. The first-order valence-electron chi connectivity index (χ1n) is 12.7. The Morgan fingerprint density at radius 1 is 1.27 bits per heavy atom. The maximum atomic E-state index is 14.8. The van der Waals surface area contributed by atoms with Gasteiger partial charge in [-0.25, -0.2) is 4.39 Å². The van der Waals surface area contributed by atoms with Crippen LogP contribution in [0, 0.1) is 12.7 Å². The molecule has 0 fully saturated rings. The van der Waals surface area contributed by atoms with E-state index in [0.29, 0.717) is 35.6 Å². The van der Waals surface area contributed by atoms with Gasteiger partial charge in [0.15, 0.2) is 0 Å². The lowest BCUT2D eigenvalue weighted by Gasteiger charge is -2.25. The minimum atomic E-state index is -0.663. The zero-order valence-corrected chi connectivity index (χ0v) is 21.8. The summed E-state index contributed by atoms with van der Waals surface area (Å²) >= 11 is 0. The smallest absolute Gasteiger partial charge is 0.256 e. The van der Waals surface area contributed by atoms with Crippen molar-refractivity contribution in [2.45, 2.75) is 33.6 Å². The molecule has 2 aromatic rings. The SMILES string of the molecule is CCN(CC)CCN1CCCc2[nH]c(C=C3C(=O)Nc4cc(NC(=O)COC)c(F)cc43)c(C)c2C1=O. The predicted molar refractivity (Wildman–Crippen MR) is 141 cm³/mol. The number of carbonyl (C=O) groups is 3. The number of ether oxygens (including phenoxy) is 1. The highest BCUT2D eigenvalue weighted by molar-refractivity contribution is 6.35. The number of aromatic nitrogens is 1. The van der Waals surface area contributed by atoms with Crippen molar-refractivity contribution in [1.82, 2.24) is 14.8 Å². The molecule has 1 aromatic heterocycles. The second-order valence-electron chi connectivity index (χ2n) is 9.31. The summed E-state index contributed by atoms with van der Waals surface area (Å²) in [6, 6.07) is 2.62. The van der Waals surface area contributed by atoms with Crippen LogP contribution in [-0.2, 0) is 20.7 Å². The van der Waals surface area contributed by atoms with Crippen molar-refractivity contribution in [3.63, 3.8) is 0 Å². The number of aryl methyl sites for hydroxylation is 1. The van der Waals surface area contributed by atoms with Gasteiger partial charge in [0.05, 0.1) is 22.5 Å². The zero-order chi connectivity index (χ0) is 26.7. The Morgan fingerprint density at radius 3 is 2.73 bits per heavy atom. The molecule has 0 aliphatic carbocycles. The number of carbonyl (C=O) groups excluding carboxylic acids is 3. The van der Waals surface area contributed by atoms with E-state index in [9.17, 15) is 18.8 Å². The van der Waals surface area contributed by atoms with Crippen molar-refractivity contribution < 1.29 is 23.5 Å². The number of nitrogens with one attached hydrogen (secondary N) is 3. The fraction of sp³-hybridized carbons (Fsp3) is 0.444. The molecule has 0 unspecified atom stereocenters. The van der Waals surface area contributed by atoms with Crippen molar-refractivity contribution >= 4 is 40.7 Å². The topological polar surface area (TPSA) is 107 Å². The highest BCUT2D eigenvalue weighted by atomic mass is 19.1. The van der Waals surface area contributed by atoms with Crippen molar-refractivity contribution in [1.29, 1.82) is 0 Å². The summed E-state index contributed by atoms with van der Waals surface area (Å²) in [6.45, 7) is 9.96. The molecule has 198 valence electrons. The molecular formula is C27H34FN5O4. The number of halogens is 1. The van der Waals surface area contributed by atoms with E-state index in [2.05, 4.69) is 34.4 Å². The fourth-order valence-corrected chi connectivity index (χ4v) is 4.94. The van der Waals surface area contributed by atoms with Gasteiger partial charge in [-0.2, -0.15) is 0 Å². The summed E-state index contributed by atoms with van der Waals surface area (Å²) in [5.74, 6) is -1.55. The van der Waals surface area contributed by atoms with Crippen LogP contribution in [0.25, 0.3) is 11.6 Å². The van der Waals surface area contributed by atoms with Gasteiger partial charge in [-0.05, 0) is 56.6 Å². The molecule has 10 heteroatoms. The number of fused-ring (bicyclic) bond motifs is 2. The number of hydrogen-bond donors (Lipinski definition) is 3. The number of H-pyrrole nitrogens is 1. The minimum Gasteiger partial charge on any atom is -0.375 e. The average molecular weight is 512 g/mol. The van der Waals surface area contributed by atoms with Crippen LogP contribution in [0.2, 0.25) is 0 Å². The molecule has 0 saturated heterocycles. The third-order valence-electron chi connectivity index (χ3n) is 7.03. The van der Waals surface area contributed by atoms with Crippen LogP contribution >= 0.6 is 0 Å². The van der Waals surface area contributed by atoms with Gasteiger partial charge in [0, 0.05) is 43.7 Å². The molecule has 2 aliphatic rings. The van der Waals surface area contributed by atoms with Crippen molar-refractivity contribution in [3.8, 4) is 0 Å². The maximum absolute atomic E-state index is 14.8. The molecule has 3 amide bonds. The lowest BCUT2D eigenvalue weighted by Crippen LogP contribution is -2.38. The number of rotatable bonds is 9. The molecule has 37 heavy (non-hydrogen) atoms. The lowest BCUT2D eigenvalue weighted by atomic mass is 10.0. The number of nitrogens with zero attached hydrogens (tertiary/aromatic N) is 2. The Labute approximate surface area is 216 Å². The zero-order valence-electron chi connectivity index (χ0n) is 21.8. The van der Waals surface area contributed by atoms with Gasteiger partial charge in [-0.3, -0.25) is 14.4 Å². The average Bonchev–Trinajstić information content (AvgIpc) is 3.27. The predicted octanol–water partition coefficient (Wildman–Crippen LogP) is 3.27. The van der Waals surface area contributed by atoms with Crippen molar-refractivity contribution in [3.05, 3.63) is 46.0 Å². The summed E-state index contributed by atoms with van der Waals surface area (Å²) < 4.78 is 19.6. The second kappa shape index (κ2) is 11.3. The van der Waals surface area contributed by atoms with Crippen molar-refractivity contribution in [2.24, 2.45) is 0 Å². The van der Waals surface area contributed by atoms with Crippen LogP contribution in [-0.4, -0.2) is 78.9 Å². The standard InChI is InChI=1S/C27H34FN5O4/c1-5-32(6-2)10-11-33-9-7-8-20-25(27(33)36)16(3)21(29-20)13-18-17-12-19(28)23(30-24(34)15-37-4)14-22(17)31-26(18)35/h12-14,29H,5-11,15H2,1-4H3,(H,30,34)(H,31,35). The van der Waals surface area contributed by atoms with Crippen LogP contribution < -0.4 is 10.6 Å². The quantitative estimate of drug-likeness (QED) is 0.448. The summed E-state index contributed by atoms with van der Waals surface area (Å²) in [4.78, 5) is 45.6. The van der Waals surface area contributed by atoms with E-state index in [1.54, 1.807) is 6.08 Å². The summed E-state index contributed by atoms with van der Waals surface area (Å²) in [7, 11) is 1.37. The molecule has 0 spiro atoms. The molecule has 0 bridgehead atoms. The van der Waals surface area contributed by atoms with Gasteiger partial charge in [0.2, 0.25) is 5.91 Å². The van der Waals surface area contributed by atoms with Crippen LogP contribution in [0.3, 0.4) is 0 Å². The maximum Gasteiger partial charge on any atom is 0.256 e. The number of likely N-dealkylation sites (N-methyl/N-ethyl adjacent to an activating group) is 1. The minimum absolute atomic E-state index is 0.00295. The van der Waals surface area contributed by atoms with E-state index >= 15 is 0 Å². The van der Waals surface area contributed by atoms with Gasteiger partial charge in [-0.15, -0.1) is 0 Å². The molecular weight excluding hydrogens is 477 g/mol. The van der Waals surface area contributed by atoms with Gasteiger partial charge in [0.1, 0.15) is 12.4 Å². The van der Waals surface area contributed by atoms with E-state index in [0.717, 1.165) is 43.7 Å². The first kappa shape index (κ1) is 26.6. The van der Waals surface area contributed by atoms with E-state index in [1.807, 2.05) is 11.8 Å². The molecule has 9 nitrogen and oxygen atoms in total. The van der Waals surface area contributed by atoms with Crippen molar-refractivity contribution in [2.75, 3.05) is 57.1 Å². The normalized spacial score (nSPS) is 16.2. The molecule has 3 heterocycles. The molecule has 0 radical (unpaired) electrons. The van der Waals surface area contributed by atoms with Gasteiger partial charge >= 0.3 is 0 Å². The molecule has 4 rings (SSSR count). The summed E-state index contributed by atoms with van der Waals surface area (Å²) in [6.07, 6.45) is 3.25. The van der Waals surface area contributed by atoms with Crippen LogP contribution in [0.5, 0.6) is 0 Å². The Hall–Kier alpha value is -3.50. The monoisotopic (exact) mass is 511 g/mol. The number of aromatic amines is 1. The number of benzene rings is 1. The largest absolute Gasteiger partial charge is 0.375 e. The van der Waals surface area contributed by atoms with E-state index < -0.39 is 11.7 Å². The third-order valence-corrected chi connectivity index (χ3v) is 7.03. The third kappa shape index (κ3) is 5.45. The van der Waals surface area contributed by atoms with Crippen LogP contribution in [0.4, 0.5) is 15.8 Å². The molecule has 1 aromatic carbocycles. The highest BCUT2D eigenvalue weighted by Gasteiger charge is 2.30. The van der Waals surface area contributed by atoms with Gasteiger partial charge < -0.3 is 30.2 Å². The molecule has 3 N–H and O–H groups in total. The number of amides is 3. The number of hydrogen-bond acceptors (Lipinski definition) is 5. The highest BCUT2D eigenvalue weighted by Crippen LogP contribution is 2.37. The summed E-state index contributed by atoms with van der Waals surface area (Å²) in [5, 5.41) is 5.18. The van der Waals surface area contributed by atoms with Gasteiger partial charge in [0.25, 0.3) is 11.8 Å². The second-order valence-corrected chi connectivity index (χ2v) is 9.31. The first-order chi connectivity index (χ1) is 17.8. The van der Waals surface area contributed by atoms with Gasteiger partial charge in [-0.1, -0.05) is 13.8 Å². The first-order valence-corrected chi connectivity index (χ1v) is 12.7. The summed E-state index contributed by atoms with van der Waals surface area (Å²) in [5.41, 5.74) is 3.98. The number of methoxy groups -OCH3 is 1. The molecule has 2 aliphatic heterocycles. The van der Waals surface area contributed by atoms with E-state index in [-0.39, 0.29) is 29.7 Å². The fourth-order valence-electron chi connectivity index (χ4n) is 4.94. The Bertz CT molecular complexity index is 1250. The number of anilines is 2. The Morgan fingerprint density at radius 2 is 2.03 bits per heavy atom. The molecule has 0 saturated carbocycles.